The molecule has 16 heavy (non-hydrogen) atoms. The van der Waals surface area contributed by atoms with Crippen LogP contribution >= 0.6 is 23.2 Å². The number of rotatable bonds is 3. The molecule has 0 unspecified atom stereocenters. The molecule has 84 valence electrons. The summed E-state index contributed by atoms with van der Waals surface area (Å²) in [4.78, 5) is 24.8. The van der Waals surface area contributed by atoms with Gasteiger partial charge in [-0.1, -0.05) is 17.7 Å². The number of alkyl halides is 1. The van der Waals surface area contributed by atoms with Gasteiger partial charge in [-0.05, 0) is 18.6 Å². The SMILES string of the molecule is O=C1C(=O)N(CCCCl)c2cccc(Cl)c21. The molecule has 1 aromatic rings. The highest BCUT2D eigenvalue weighted by Gasteiger charge is 2.36. The number of anilines is 1. The van der Waals surface area contributed by atoms with Gasteiger partial charge in [0.15, 0.2) is 0 Å². The van der Waals surface area contributed by atoms with Crippen molar-refractivity contribution in [1.82, 2.24) is 0 Å². The van der Waals surface area contributed by atoms with E-state index in [-0.39, 0.29) is 0 Å². The number of hydrogen-bond acceptors (Lipinski definition) is 2. The van der Waals surface area contributed by atoms with E-state index in [0.717, 1.165) is 0 Å². The number of Topliss-reactive ketones (excluding diaryl/α,β-unsaturated/α-hetero) is 1. The summed E-state index contributed by atoms with van der Waals surface area (Å²) in [5, 5.41) is 0.323. The lowest BCUT2D eigenvalue weighted by atomic mass is 10.1. The molecule has 1 heterocycles. The van der Waals surface area contributed by atoms with Crippen molar-refractivity contribution in [2.45, 2.75) is 6.42 Å². The van der Waals surface area contributed by atoms with E-state index in [0.29, 0.717) is 35.1 Å². The fraction of sp³-hybridized carbons (Fsp3) is 0.273. The van der Waals surface area contributed by atoms with Crippen molar-refractivity contribution in [1.29, 1.82) is 0 Å². The second-order valence-electron chi connectivity index (χ2n) is 3.46. The minimum absolute atomic E-state index is 0.309. The van der Waals surface area contributed by atoms with Gasteiger partial charge in [0.25, 0.3) is 11.7 Å². The fourth-order valence-electron chi connectivity index (χ4n) is 1.74. The number of fused-ring (bicyclic) bond motifs is 1. The topological polar surface area (TPSA) is 37.4 Å². The normalized spacial score (nSPS) is 14.5. The number of ketones is 1. The van der Waals surface area contributed by atoms with E-state index in [1.807, 2.05) is 0 Å². The van der Waals surface area contributed by atoms with Gasteiger partial charge in [0, 0.05) is 12.4 Å². The number of benzene rings is 1. The predicted molar refractivity (Wildman–Crippen MR) is 63.5 cm³/mol. The third-order valence-corrected chi connectivity index (χ3v) is 3.05. The largest absolute Gasteiger partial charge is 0.305 e. The molecule has 0 aliphatic carbocycles. The van der Waals surface area contributed by atoms with E-state index >= 15 is 0 Å². The van der Waals surface area contributed by atoms with Crippen LogP contribution in [0.4, 0.5) is 5.69 Å². The average Bonchev–Trinajstić information content (AvgIpc) is 2.51. The van der Waals surface area contributed by atoms with Gasteiger partial charge in [-0.25, -0.2) is 0 Å². The second kappa shape index (κ2) is 4.44. The summed E-state index contributed by atoms with van der Waals surface area (Å²) in [5.41, 5.74) is 0.899. The Labute approximate surface area is 103 Å². The van der Waals surface area contributed by atoms with Crippen molar-refractivity contribution in [3.8, 4) is 0 Å². The third kappa shape index (κ3) is 1.70. The maximum Gasteiger partial charge on any atom is 0.299 e. The molecule has 1 aromatic carbocycles. The lowest BCUT2D eigenvalue weighted by Crippen LogP contribution is -2.30. The van der Waals surface area contributed by atoms with Gasteiger partial charge in [0.1, 0.15) is 0 Å². The lowest BCUT2D eigenvalue weighted by Gasteiger charge is -2.15. The first-order valence-corrected chi connectivity index (χ1v) is 5.78. The minimum Gasteiger partial charge on any atom is -0.305 e. The number of hydrogen-bond donors (Lipinski definition) is 0. The maximum absolute atomic E-state index is 11.7. The van der Waals surface area contributed by atoms with Crippen LogP contribution in [0.1, 0.15) is 16.8 Å². The van der Waals surface area contributed by atoms with Gasteiger partial charge in [0.2, 0.25) is 0 Å². The summed E-state index contributed by atoms with van der Waals surface area (Å²) in [7, 11) is 0. The van der Waals surface area contributed by atoms with Gasteiger partial charge in [-0.15, -0.1) is 11.6 Å². The zero-order valence-corrected chi connectivity index (χ0v) is 9.88. The van der Waals surface area contributed by atoms with Gasteiger partial charge < -0.3 is 4.90 Å². The van der Waals surface area contributed by atoms with E-state index in [9.17, 15) is 9.59 Å². The standard InChI is InChI=1S/C11H9Cl2NO2/c12-5-2-6-14-8-4-1-3-7(13)9(8)10(15)11(14)16/h1,3-4H,2,5-6H2. The molecular formula is C11H9Cl2NO2. The highest BCUT2D eigenvalue weighted by molar-refractivity contribution is 6.55. The molecule has 0 bridgehead atoms. The number of carbonyl (C=O) groups is 2. The molecule has 0 saturated carbocycles. The Hall–Kier alpha value is -1.06. The first kappa shape index (κ1) is 11.4. The Balaban J connectivity index is 2.42. The number of halogens is 2. The first-order valence-electron chi connectivity index (χ1n) is 4.87. The quantitative estimate of drug-likeness (QED) is 0.617. The molecule has 0 atom stereocenters. The number of nitrogens with zero attached hydrogens (tertiary/aromatic N) is 1. The van der Waals surface area contributed by atoms with Crippen LogP contribution in [0.3, 0.4) is 0 Å². The van der Waals surface area contributed by atoms with Crippen molar-refractivity contribution in [3.05, 3.63) is 28.8 Å². The highest BCUT2D eigenvalue weighted by atomic mass is 35.5. The first-order chi connectivity index (χ1) is 7.66. The van der Waals surface area contributed by atoms with Gasteiger partial charge in [-0.2, -0.15) is 0 Å². The van der Waals surface area contributed by atoms with Crippen LogP contribution in [0.5, 0.6) is 0 Å². The molecule has 0 aromatic heterocycles. The molecule has 0 radical (unpaired) electrons. The molecule has 0 fully saturated rings. The molecule has 0 saturated heterocycles. The molecule has 2 rings (SSSR count). The van der Waals surface area contributed by atoms with Crippen LogP contribution in [-0.2, 0) is 4.79 Å². The summed E-state index contributed by atoms with van der Waals surface area (Å²) in [5.74, 6) is -0.600. The summed E-state index contributed by atoms with van der Waals surface area (Å²) >= 11 is 11.5. The van der Waals surface area contributed by atoms with Crippen LogP contribution in [0, 0.1) is 0 Å². The Morgan fingerprint density at radius 1 is 1.25 bits per heavy atom. The Kier molecular flexibility index (Phi) is 3.17. The van der Waals surface area contributed by atoms with Crippen LogP contribution < -0.4 is 4.90 Å². The molecule has 1 amide bonds. The molecule has 0 spiro atoms. The van der Waals surface area contributed by atoms with Crippen LogP contribution in [0.15, 0.2) is 18.2 Å². The van der Waals surface area contributed by atoms with Gasteiger partial charge in [0.05, 0.1) is 16.3 Å². The highest BCUT2D eigenvalue weighted by Crippen LogP contribution is 2.33. The van der Waals surface area contributed by atoms with Crippen molar-refractivity contribution in [2.75, 3.05) is 17.3 Å². The van der Waals surface area contributed by atoms with Gasteiger partial charge >= 0.3 is 0 Å². The Bertz CT molecular complexity index is 459. The summed E-state index contributed by atoms with van der Waals surface area (Å²) in [6.07, 6.45) is 0.645. The predicted octanol–water partition coefficient (Wildman–Crippen LogP) is 2.50. The van der Waals surface area contributed by atoms with Crippen LogP contribution in [0.2, 0.25) is 5.02 Å². The van der Waals surface area contributed by atoms with Crippen LogP contribution in [0.25, 0.3) is 0 Å². The molecule has 0 N–H and O–H groups in total. The van der Waals surface area contributed by atoms with E-state index < -0.39 is 11.7 Å². The van der Waals surface area contributed by atoms with Crippen molar-refractivity contribution in [2.24, 2.45) is 0 Å². The Morgan fingerprint density at radius 2 is 2.00 bits per heavy atom. The molecule has 5 heteroatoms. The van der Waals surface area contributed by atoms with E-state index in [2.05, 4.69) is 0 Å². The van der Waals surface area contributed by atoms with E-state index in [1.165, 1.54) is 4.90 Å². The zero-order valence-electron chi connectivity index (χ0n) is 8.37. The molecular weight excluding hydrogens is 249 g/mol. The van der Waals surface area contributed by atoms with E-state index in [1.54, 1.807) is 18.2 Å². The number of amides is 1. The van der Waals surface area contributed by atoms with Crippen LogP contribution in [-0.4, -0.2) is 24.1 Å². The molecule has 1 aliphatic heterocycles. The maximum atomic E-state index is 11.7. The van der Waals surface area contributed by atoms with Crippen molar-refractivity contribution in [3.63, 3.8) is 0 Å². The second-order valence-corrected chi connectivity index (χ2v) is 4.25. The van der Waals surface area contributed by atoms with Gasteiger partial charge in [-0.3, -0.25) is 9.59 Å². The third-order valence-electron chi connectivity index (χ3n) is 2.46. The zero-order chi connectivity index (χ0) is 11.7. The summed E-state index contributed by atoms with van der Waals surface area (Å²) in [6.45, 7) is 0.446. The molecule has 1 aliphatic rings. The summed E-state index contributed by atoms with van der Waals surface area (Å²) < 4.78 is 0. The average molecular weight is 258 g/mol. The van der Waals surface area contributed by atoms with E-state index in [4.69, 9.17) is 23.2 Å². The summed E-state index contributed by atoms with van der Waals surface area (Å²) in [6, 6.07) is 5.05. The van der Waals surface area contributed by atoms with Crippen molar-refractivity contribution >= 4 is 40.6 Å². The Morgan fingerprint density at radius 3 is 2.69 bits per heavy atom. The minimum atomic E-state index is -0.532. The fourth-order valence-corrected chi connectivity index (χ4v) is 2.12. The lowest BCUT2D eigenvalue weighted by molar-refractivity contribution is -0.114. The smallest absolute Gasteiger partial charge is 0.299 e. The van der Waals surface area contributed by atoms with Crippen molar-refractivity contribution < 1.29 is 9.59 Å². The molecule has 3 nitrogen and oxygen atoms in total. The number of carbonyl (C=O) groups excluding carboxylic acids is 2. The monoisotopic (exact) mass is 257 g/mol.